The van der Waals surface area contributed by atoms with E-state index in [0.29, 0.717) is 18.5 Å². The molecule has 3 rings (SSSR count). The molecule has 3 aliphatic rings. The molecule has 0 spiro atoms. The van der Waals surface area contributed by atoms with Crippen LogP contribution in [0, 0.1) is 5.92 Å². The molecule has 2 aliphatic carbocycles. The highest BCUT2D eigenvalue weighted by Crippen LogP contribution is 2.42. The molecule has 0 radical (unpaired) electrons. The number of hydrogen-bond donors (Lipinski definition) is 2. The van der Waals surface area contributed by atoms with Gasteiger partial charge in [0.05, 0.1) is 0 Å². The van der Waals surface area contributed by atoms with Gasteiger partial charge in [-0.05, 0) is 64.6 Å². The standard InChI is InChI=1S/C16H29N3O2/c1-18(10-11-19-8-2-3-9-19)12-16(15(20)21,13-4-5-13)17-14-6-7-14/h13-14,17H,2-12H2,1H3,(H,20,21). The summed E-state index contributed by atoms with van der Waals surface area (Å²) in [7, 11) is 2.07. The molecule has 1 atom stereocenters. The maximum atomic E-state index is 12.0. The zero-order valence-corrected chi connectivity index (χ0v) is 13.2. The Hall–Kier alpha value is -0.650. The highest BCUT2D eigenvalue weighted by Gasteiger charge is 2.53. The lowest BCUT2D eigenvalue weighted by Crippen LogP contribution is -2.61. The number of carbonyl (C=O) groups is 1. The fourth-order valence-corrected chi connectivity index (χ4v) is 3.59. The first kappa shape index (κ1) is 15.3. The molecule has 1 aliphatic heterocycles. The summed E-state index contributed by atoms with van der Waals surface area (Å²) in [5, 5.41) is 13.3. The van der Waals surface area contributed by atoms with E-state index in [0.717, 1.165) is 38.8 Å². The molecule has 0 amide bonds. The van der Waals surface area contributed by atoms with Gasteiger partial charge in [-0.3, -0.25) is 10.1 Å². The third kappa shape index (κ3) is 3.76. The minimum absolute atomic E-state index is 0.324. The van der Waals surface area contributed by atoms with E-state index in [1.165, 1.54) is 25.9 Å². The molecular weight excluding hydrogens is 266 g/mol. The van der Waals surface area contributed by atoms with Gasteiger partial charge in [-0.1, -0.05) is 0 Å². The molecule has 1 heterocycles. The van der Waals surface area contributed by atoms with Gasteiger partial charge in [0.1, 0.15) is 5.54 Å². The second-order valence-electron chi connectivity index (χ2n) is 7.26. The van der Waals surface area contributed by atoms with Crippen LogP contribution in [-0.2, 0) is 4.79 Å². The van der Waals surface area contributed by atoms with Crippen molar-refractivity contribution >= 4 is 5.97 Å². The molecule has 5 nitrogen and oxygen atoms in total. The zero-order chi connectivity index (χ0) is 14.9. The zero-order valence-electron chi connectivity index (χ0n) is 13.2. The van der Waals surface area contributed by atoms with Gasteiger partial charge in [-0.25, -0.2) is 0 Å². The number of aliphatic carboxylic acids is 1. The molecule has 21 heavy (non-hydrogen) atoms. The summed E-state index contributed by atoms with van der Waals surface area (Å²) in [6, 6.07) is 0.439. The van der Waals surface area contributed by atoms with Crippen LogP contribution in [0.25, 0.3) is 0 Å². The van der Waals surface area contributed by atoms with Crippen LogP contribution in [0.15, 0.2) is 0 Å². The first-order valence-corrected chi connectivity index (χ1v) is 8.52. The minimum Gasteiger partial charge on any atom is -0.480 e. The lowest BCUT2D eigenvalue weighted by atomic mass is 9.92. The third-order valence-corrected chi connectivity index (χ3v) is 5.21. The number of likely N-dealkylation sites (N-methyl/N-ethyl adjacent to an activating group) is 1. The fraction of sp³-hybridized carbons (Fsp3) is 0.938. The monoisotopic (exact) mass is 295 g/mol. The van der Waals surface area contributed by atoms with Gasteiger partial charge in [0, 0.05) is 25.7 Å². The Labute approximate surface area is 127 Å². The van der Waals surface area contributed by atoms with Crippen molar-refractivity contribution in [3.05, 3.63) is 0 Å². The summed E-state index contributed by atoms with van der Waals surface area (Å²) >= 11 is 0. The number of nitrogens with zero attached hydrogens (tertiary/aromatic N) is 2. The Morgan fingerprint density at radius 2 is 1.95 bits per heavy atom. The Kier molecular flexibility index (Phi) is 4.52. The maximum absolute atomic E-state index is 12.0. The highest BCUT2D eigenvalue weighted by atomic mass is 16.4. The van der Waals surface area contributed by atoms with Gasteiger partial charge in [0.15, 0.2) is 0 Å². The van der Waals surface area contributed by atoms with Crippen molar-refractivity contribution in [1.82, 2.24) is 15.1 Å². The fourth-order valence-electron chi connectivity index (χ4n) is 3.59. The molecule has 0 aromatic carbocycles. The number of rotatable bonds is 9. The van der Waals surface area contributed by atoms with Crippen molar-refractivity contribution in [2.45, 2.75) is 50.1 Å². The SMILES string of the molecule is CN(CCN1CCCC1)CC(NC1CC1)(C(=O)O)C1CC1. The molecule has 1 saturated heterocycles. The molecule has 3 fully saturated rings. The molecular formula is C16H29N3O2. The molecule has 0 bridgehead atoms. The van der Waals surface area contributed by atoms with Crippen LogP contribution < -0.4 is 5.32 Å². The topological polar surface area (TPSA) is 55.8 Å². The van der Waals surface area contributed by atoms with Crippen molar-refractivity contribution in [3.63, 3.8) is 0 Å². The van der Waals surface area contributed by atoms with Gasteiger partial charge in [-0.2, -0.15) is 0 Å². The summed E-state index contributed by atoms with van der Waals surface area (Å²) in [4.78, 5) is 16.7. The second kappa shape index (κ2) is 6.23. The Balaban J connectivity index is 1.55. The summed E-state index contributed by atoms with van der Waals surface area (Å²) in [5.41, 5.74) is -0.707. The average molecular weight is 295 g/mol. The van der Waals surface area contributed by atoms with Crippen molar-refractivity contribution in [2.75, 3.05) is 39.8 Å². The van der Waals surface area contributed by atoms with Crippen LogP contribution in [0.4, 0.5) is 0 Å². The number of carboxylic acid groups (broad SMARTS) is 1. The van der Waals surface area contributed by atoms with Crippen molar-refractivity contribution in [1.29, 1.82) is 0 Å². The van der Waals surface area contributed by atoms with Gasteiger partial charge < -0.3 is 14.9 Å². The van der Waals surface area contributed by atoms with Gasteiger partial charge in [0.25, 0.3) is 0 Å². The summed E-state index contributed by atoms with van der Waals surface area (Å²) in [6.07, 6.45) is 7.03. The second-order valence-corrected chi connectivity index (χ2v) is 7.26. The third-order valence-electron chi connectivity index (χ3n) is 5.21. The van der Waals surface area contributed by atoms with Crippen LogP contribution in [0.1, 0.15) is 38.5 Å². The van der Waals surface area contributed by atoms with E-state index in [-0.39, 0.29) is 0 Å². The first-order valence-electron chi connectivity index (χ1n) is 8.52. The Bertz CT molecular complexity index is 376. The number of carboxylic acids is 1. The van der Waals surface area contributed by atoms with Gasteiger partial charge in [-0.15, -0.1) is 0 Å². The molecule has 0 aromatic rings. The first-order chi connectivity index (χ1) is 10.1. The molecule has 1 unspecified atom stereocenters. The van der Waals surface area contributed by atoms with Crippen LogP contribution in [0.5, 0.6) is 0 Å². The predicted molar refractivity (Wildman–Crippen MR) is 82.4 cm³/mol. The van der Waals surface area contributed by atoms with E-state index in [2.05, 4.69) is 22.2 Å². The lowest BCUT2D eigenvalue weighted by molar-refractivity contribution is -0.147. The normalized spacial score (nSPS) is 26.2. The molecule has 5 heteroatoms. The van der Waals surface area contributed by atoms with Crippen molar-refractivity contribution in [2.24, 2.45) is 5.92 Å². The summed E-state index contributed by atoms with van der Waals surface area (Å²) in [6.45, 7) is 5.09. The van der Waals surface area contributed by atoms with Crippen LogP contribution >= 0.6 is 0 Å². The highest BCUT2D eigenvalue weighted by molar-refractivity contribution is 5.80. The molecule has 120 valence electrons. The van der Waals surface area contributed by atoms with Gasteiger partial charge >= 0.3 is 5.97 Å². The Morgan fingerprint density at radius 1 is 1.29 bits per heavy atom. The van der Waals surface area contributed by atoms with E-state index in [4.69, 9.17) is 0 Å². The van der Waals surface area contributed by atoms with Crippen molar-refractivity contribution in [3.8, 4) is 0 Å². The average Bonchev–Trinajstić information content (AvgIpc) is 3.36. The molecule has 2 saturated carbocycles. The minimum atomic E-state index is -0.707. The van der Waals surface area contributed by atoms with Crippen LogP contribution in [-0.4, -0.2) is 72.2 Å². The molecule has 0 aromatic heterocycles. The van der Waals surface area contributed by atoms with E-state index in [1.807, 2.05) is 0 Å². The van der Waals surface area contributed by atoms with E-state index < -0.39 is 11.5 Å². The van der Waals surface area contributed by atoms with Crippen LogP contribution in [0.2, 0.25) is 0 Å². The number of hydrogen-bond acceptors (Lipinski definition) is 4. The summed E-state index contributed by atoms with van der Waals surface area (Å²) < 4.78 is 0. The van der Waals surface area contributed by atoms with Gasteiger partial charge in [0.2, 0.25) is 0 Å². The van der Waals surface area contributed by atoms with Crippen LogP contribution in [0.3, 0.4) is 0 Å². The van der Waals surface area contributed by atoms with E-state index in [1.54, 1.807) is 0 Å². The predicted octanol–water partition coefficient (Wildman–Crippen LogP) is 0.999. The quantitative estimate of drug-likeness (QED) is 0.664. The van der Waals surface area contributed by atoms with E-state index in [9.17, 15) is 9.90 Å². The number of likely N-dealkylation sites (tertiary alicyclic amines) is 1. The molecule has 2 N–H and O–H groups in total. The van der Waals surface area contributed by atoms with E-state index >= 15 is 0 Å². The number of nitrogens with one attached hydrogen (secondary N) is 1. The lowest BCUT2D eigenvalue weighted by Gasteiger charge is -2.35. The maximum Gasteiger partial charge on any atom is 0.325 e. The summed E-state index contributed by atoms with van der Waals surface area (Å²) in [5.74, 6) is -0.324. The smallest absolute Gasteiger partial charge is 0.325 e. The van der Waals surface area contributed by atoms with Crippen molar-refractivity contribution < 1.29 is 9.90 Å². The Morgan fingerprint density at radius 3 is 2.48 bits per heavy atom. The largest absolute Gasteiger partial charge is 0.480 e.